The van der Waals surface area contributed by atoms with Gasteiger partial charge in [0.1, 0.15) is 5.82 Å². The lowest BCUT2D eigenvalue weighted by Crippen LogP contribution is -2.38. The molecule has 138 valence electrons. The second-order valence-electron chi connectivity index (χ2n) is 5.52. The summed E-state index contributed by atoms with van der Waals surface area (Å²) in [6.45, 7) is 0.938. The van der Waals surface area contributed by atoms with Gasteiger partial charge in [0.05, 0.1) is 12.1 Å². The quantitative estimate of drug-likeness (QED) is 0.630. The van der Waals surface area contributed by atoms with E-state index in [0.717, 1.165) is 17.9 Å². The Morgan fingerprint density at radius 1 is 1.04 bits per heavy atom. The molecule has 2 aromatic rings. The van der Waals surface area contributed by atoms with Crippen molar-refractivity contribution in [3.05, 3.63) is 65.2 Å². The number of halogens is 4. The Hall–Kier alpha value is -2.90. The highest BCUT2D eigenvalue weighted by Gasteiger charge is 2.21. The van der Waals surface area contributed by atoms with E-state index in [-0.39, 0.29) is 19.5 Å². The molecule has 0 atom stereocenters. The zero-order valence-corrected chi connectivity index (χ0v) is 13.9. The second-order valence-corrected chi connectivity index (χ2v) is 5.52. The molecule has 0 heterocycles. The minimum absolute atomic E-state index is 0.0494. The van der Waals surface area contributed by atoms with Gasteiger partial charge in [-0.1, -0.05) is 12.1 Å². The van der Waals surface area contributed by atoms with E-state index in [4.69, 9.17) is 0 Å². The molecule has 2 aromatic carbocycles. The number of rotatable bonds is 6. The number of nitrogens with one attached hydrogen (secondary N) is 1. The molecule has 2 amide bonds. The first-order valence-electron chi connectivity index (χ1n) is 7.72. The molecule has 0 aliphatic rings. The molecule has 0 saturated heterocycles. The zero-order chi connectivity index (χ0) is 19.3. The Bertz CT molecular complexity index is 827. The average molecular weight is 368 g/mol. The van der Waals surface area contributed by atoms with Gasteiger partial charge < -0.3 is 10.2 Å². The summed E-state index contributed by atoms with van der Waals surface area (Å²) in [6, 6.07) is 7.19. The Kier molecular flexibility index (Phi) is 6.32. The van der Waals surface area contributed by atoms with Crippen molar-refractivity contribution >= 4 is 17.5 Å². The fraction of sp³-hybridized carbons (Fsp3) is 0.222. The number of hydrogen-bond donors (Lipinski definition) is 1. The summed E-state index contributed by atoms with van der Waals surface area (Å²) in [4.78, 5) is 24.4. The summed E-state index contributed by atoms with van der Waals surface area (Å²) < 4.78 is 53.3. The monoisotopic (exact) mass is 368 g/mol. The van der Waals surface area contributed by atoms with Crippen LogP contribution in [0.4, 0.5) is 23.2 Å². The number of hydrogen-bond acceptors (Lipinski definition) is 2. The number of carbonyl (C=O) groups excluding carboxylic acids is 2. The first kappa shape index (κ1) is 19.4. The van der Waals surface area contributed by atoms with E-state index in [1.807, 2.05) is 0 Å². The van der Waals surface area contributed by atoms with E-state index < -0.39 is 40.8 Å². The summed E-state index contributed by atoms with van der Waals surface area (Å²) in [5, 5.41) is 2.51. The molecule has 4 nitrogen and oxygen atoms in total. The molecular weight excluding hydrogens is 352 g/mol. The molecule has 0 fully saturated rings. The van der Waals surface area contributed by atoms with Gasteiger partial charge in [0.25, 0.3) is 0 Å². The van der Waals surface area contributed by atoms with Crippen LogP contribution in [0.15, 0.2) is 36.4 Å². The van der Waals surface area contributed by atoms with Crippen LogP contribution in [0.25, 0.3) is 0 Å². The maximum atomic E-state index is 13.9. The third-order valence-corrected chi connectivity index (χ3v) is 3.60. The van der Waals surface area contributed by atoms with Gasteiger partial charge in [0, 0.05) is 20.0 Å². The van der Waals surface area contributed by atoms with E-state index in [9.17, 15) is 27.2 Å². The van der Waals surface area contributed by atoms with E-state index >= 15 is 0 Å². The lowest BCUT2D eigenvalue weighted by molar-refractivity contribution is -0.121. The fourth-order valence-electron chi connectivity index (χ4n) is 2.37. The average Bonchev–Trinajstić information content (AvgIpc) is 2.57. The summed E-state index contributed by atoms with van der Waals surface area (Å²) in [6.07, 6.45) is -0.0721. The third kappa shape index (κ3) is 4.81. The summed E-state index contributed by atoms with van der Waals surface area (Å²) in [5.41, 5.74) is 0.0494. The lowest BCUT2D eigenvalue weighted by atomic mass is 10.1. The van der Waals surface area contributed by atoms with E-state index in [0.29, 0.717) is 11.6 Å². The first-order chi connectivity index (χ1) is 12.3. The van der Waals surface area contributed by atoms with Crippen molar-refractivity contribution in [3.63, 3.8) is 0 Å². The summed E-state index contributed by atoms with van der Waals surface area (Å²) >= 11 is 0. The molecule has 26 heavy (non-hydrogen) atoms. The summed E-state index contributed by atoms with van der Waals surface area (Å²) in [5.74, 6) is -6.01. The SMILES string of the molecule is CC(=O)N(CCNC(=O)Cc1cccc(F)c1)c1ccc(F)c(F)c1F. The van der Waals surface area contributed by atoms with E-state index in [2.05, 4.69) is 5.32 Å². The standard InChI is InChI=1S/C18H16F4N2O2/c1-11(25)24(15-6-5-14(20)17(21)18(15)22)8-7-23-16(26)10-12-3-2-4-13(19)9-12/h2-6,9H,7-8,10H2,1H3,(H,23,26). The Balaban J connectivity index is 1.98. The zero-order valence-electron chi connectivity index (χ0n) is 13.9. The van der Waals surface area contributed by atoms with Crippen molar-refractivity contribution in [2.45, 2.75) is 13.3 Å². The van der Waals surface area contributed by atoms with Crippen LogP contribution < -0.4 is 10.2 Å². The normalized spacial score (nSPS) is 10.5. The highest BCUT2D eigenvalue weighted by molar-refractivity contribution is 5.91. The molecule has 8 heteroatoms. The highest BCUT2D eigenvalue weighted by Crippen LogP contribution is 2.23. The molecule has 0 unspecified atom stereocenters. The minimum atomic E-state index is -1.68. The van der Waals surface area contributed by atoms with Gasteiger partial charge in [0.15, 0.2) is 17.5 Å². The van der Waals surface area contributed by atoms with E-state index in [1.165, 1.54) is 18.2 Å². The molecule has 0 aromatic heterocycles. The molecule has 2 rings (SSSR count). The predicted molar refractivity (Wildman–Crippen MR) is 87.5 cm³/mol. The van der Waals surface area contributed by atoms with Crippen molar-refractivity contribution < 1.29 is 27.2 Å². The van der Waals surface area contributed by atoms with Gasteiger partial charge in [-0.25, -0.2) is 17.6 Å². The molecule has 0 saturated carbocycles. The number of benzene rings is 2. The molecule has 0 aliphatic heterocycles. The minimum Gasteiger partial charge on any atom is -0.354 e. The number of carbonyl (C=O) groups is 2. The van der Waals surface area contributed by atoms with Crippen LogP contribution in [0, 0.1) is 23.3 Å². The fourth-order valence-corrected chi connectivity index (χ4v) is 2.37. The van der Waals surface area contributed by atoms with Gasteiger partial charge in [0.2, 0.25) is 11.8 Å². The van der Waals surface area contributed by atoms with Gasteiger partial charge in [-0.2, -0.15) is 0 Å². The molecular formula is C18H16F4N2O2. The van der Waals surface area contributed by atoms with E-state index in [1.54, 1.807) is 6.07 Å². The maximum absolute atomic E-state index is 13.9. The van der Waals surface area contributed by atoms with Gasteiger partial charge in [-0.15, -0.1) is 0 Å². The number of amides is 2. The van der Waals surface area contributed by atoms with Crippen LogP contribution in [0.2, 0.25) is 0 Å². The van der Waals surface area contributed by atoms with Crippen LogP contribution >= 0.6 is 0 Å². The molecule has 0 radical (unpaired) electrons. The largest absolute Gasteiger partial charge is 0.354 e. The van der Waals surface area contributed by atoms with Crippen molar-refractivity contribution in [2.24, 2.45) is 0 Å². The van der Waals surface area contributed by atoms with Crippen LogP contribution in [-0.2, 0) is 16.0 Å². The first-order valence-corrected chi connectivity index (χ1v) is 7.72. The van der Waals surface area contributed by atoms with Crippen molar-refractivity contribution in [3.8, 4) is 0 Å². The Morgan fingerprint density at radius 3 is 2.42 bits per heavy atom. The lowest BCUT2D eigenvalue weighted by Gasteiger charge is -2.22. The van der Waals surface area contributed by atoms with Crippen LogP contribution in [-0.4, -0.2) is 24.9 Å². The van der Waals surface area contributed by atoms with Crippen molar-refractivity contribution in [1.29, 1.82) is 0 Å². The predicted octanol–water partition coefficient (Wildman–Crippen LogP) is 2.95. The second kappa shape index (κ2) is 8.46. The third-order valence-electron chi connectivity index (χ3n) is 3.60. The van der Waals surface area contributed by atoms with Gasteiger partial charge in [-0.05, 0) is 29.8 Å². The maximum Gasteiger partial charge on any atom is 0.224 e. The molecule has 0 spiro atoms. The molecule has 0 aliphatic carbocycles. The highest BCUT2D eigenvalue weighted by atomic mass is 19.2. The van der Waals surface area contributed by atoms with Gasteiger partial charge >= 0.3 is 0 Å². The Morgan fingerprint density at radius 2 is 1.77 bits per heavy atom. The van der Waals surface area contributed by atoms with Crippen molar-refractivity contribution in [2.75, 3.05) is 18.0 Å². The smallest absolute Gasteiger partial charge is 0.224 e. The molecule has 0 bridgehead atoms. The Labute approximate surface area is 147 Å². The van der Waals surface area contributed by atoms with Crippen molar-refractivity contribution in [1.82, 2.24) is 5.32 Å². The molecule has 1 N–H and O–H groups in total. The van der Waals surface area contributed by atoms with Gasteiger partial charge in [-0.3, -0.25) is 9.59 Å². The topological polar surface area (TPSA) is 49.4 Å². The van der Waals surface area contributed by atoms with Crippen LogP contribution in [0.3, 0.4) is 0 Å². The summed E-state index contributed by atoms with van der Waals surface area (Å²) in [7, 11) is 0. The number of anilines is 1. The van der Waals surface area contributed by atoms with Crippen LogP contribution in [0.5, 0.6) is 0 Å². The number of nitrogens with zero attached hydrogens (tertiary/aromatic N) is 1. The van der Waals surface area contributed by atoms with Crippen LogP contribution in [0.1, 0.15) is 12.5 Å².